The number of nitrogens with one attached hydrogen (secondary N) is 3. The van der Waals surface area contributed by atoms with Gasteiger partial charge in [-0.05, 0) is 6.07 Å². The fraction of sp³-hybridized carbons (Fsp3) is 0.182. The maximum absolute atomic E-state index is 11.9. The molecular formula is C11H13N5O. The Morgan fingerprint density at radius 3 is 3.00 bits per heavy atom. The molecule has 3 N–H and O–H groups in total. The molecule has 0 aliphatic rings. The van der Waals surface area contributed by atoms with Crippen LogP contribution in [0, 0.1) is 0 Å². The molecule has 2 heterocycles. The first-order chi connectivity index (χ1) is 8.31. The van der Waals surface area contributed by atoms with E-state index in [0.717, 1.165) is 5.69 Å². The van der Waals surface area contributed by atoms with Gasteiger partial charge >= 0.3 is 0 Å². The van der Waals surface area contributed by atoms with Crippen LogP contribution in [0.25, 0.3) is 0 Å². The van der Waals surface area contributed by atoms with Crippen LogP contribution in [-0.4, -0.2) is 27.9 Å². The Morgan fingerprint density at radius 2 is 2.29 bits per heavy atom. The minimum atomic E-state index is -0.147. The second-order valence-corrected chi connectivity index (χ2v) is 3.43. The number of hydrogen-bond acceptors (Lipinski definition) is 4. The van der Waals surface area contributed by atoms with E-state index in [4.69, 9.17) is 0 Å². The van der Waals surface area contributed by atoms with Crippen molar-refractivity contribution in [1.82, 2.24) is 20.3 Å². The molecule has 2 aromatic heterocycles. The number of hydrogen-bond donors (Lipinski definition) is 3. The lowest BCUT2D eigenvalue weighted by atomic mass is 10.2. The number of anilines is 1. The molecule has 0 spiro atoms. The number of carbonyl (C=O) groups excluding carboxylic acids is 1. The third kappa shape index (κ3) is 2.60. The minimum Gasteiger partial charge on any atom is -0.386 e. The van der Waals surface area contributed by atoms with Gasteiger partial charge in [0.05, 0.1) is 36.0 Å². The molecule has 0 atom stereocenters. The van der Waals surface area contributed by atoms with Crippen molar-refractivity contribution in [3.63, 3.8) is 0 Å². The zero-order valence-electron chi connectivity index (χ0n) is 9.40. The highest BCUT2D eigenvalue weighted by Gasteiger charge is 2.09. The van der Waals surface area contributed by atoms with Crippen molar-refractivity contribution in [2.24, 2.45) is 0 Å². The highest BCUT2D eigenvalue weighted by atomic mass is 16.1. The molecule has 6 heteroatoms. The molecule has 0 aliphatic carbocycles. The second kappa shape index (κ2) is 5.11. The van der Waals surface area contributed by atoms with Crippen molar-refractivity contribution in [2.75, 3.05) is 12.4 Å². The van der Waals surface area contributed by atoms with E-state index in [0.29, 0.717) is 17.8 Å². The first-order valence-electron chi connectivity index (χ1n) is 5.18. The molecule has 1 amide bonds. The van der Waals surface area contributed by atoms with Crippen molar-refractivity contribution in [3.8, 4) is 0 Å². The van der Waals surface area contributed by atoms with Crippen molar-refractivity contribution in [3.05, 3.63) is 42.2 Å². The number of imidazole rings is 1. The third-order valence-corrected chi connectivity index (χ3v) is 2.33. The summed E-state index contributed by atoms with van der Waals surface area (Å²) < 4.78 is 0. The fourth-order valence-electron chi connectivity index (χ4n) is 1.44. The molecule has 2 rings (SSSR count). The molecule has 0 fully saturated rings. The molecule has 6 nitrogen and oxygen atoms in total. The minimum absolute atomic E-state index is 0.147. The van der Waals surface area contributed by atoms with Gasteiger partial charge < -0.3 is 15.6 Å². The number of carbonyl (C=O) groups is 1. The average Bonchev–Trinajstić information content (AvgIpc) is 2.89. The average molecular weight is 231 g/mol. The van der Waals surface area contributed by atoms with E-state index >= 15 is 0 Å². The van der Waals surface area contributed by atoms with Crippen molar-refractivity contribution in [2.45, 2.75) is 6.54 Å². The number of H-pyrrole nitrogens is 1. The van der Waals surface area contributed by atoms with Crippen LogP contribution in [0.3, 0.4) is 0 Å². The zero-order chi connectivity index (χ0) is 12.1. The van der Waals surface area contributed by atoms with Gasteiger partial charge in [-0.1, -0.05) is 0 Å². The first kappa shape index (κ1) is 11.1. The zero-order valence-corrected chi connectivity index (χ0v) is 9.40. The Bertz CT molecular complexity index is 494. The summed E-state index contributed by atoms with van der Waals surface area (Å²) in [6.45, 7) is 0.421. The van der Waals surface area contributed by atoms with E-state index in [-0.39, 0.29) is 5.91 Å². The second-order valence-electron chi connectivity index (χ2n) is 3.43. The molecule has 0 saturated heterocycles. The van der Waals surface area contributed by atoms with Crippen LogP contribution in [0.4, 0.5) is 5.69 Å². The van der Waals surface area contributed by atoms with E-state index < -0.39 is 0 Å². The van der Waals surface area contributed by atoms with Crippen LogP contribution in [0.15, 0.2) is 31.0 Å². The third-order valence-electron chi connectivity index (χ3n) is 2.33. The fourth-order valence-corrected chi connectivity index (χ4v) is 1.44. The molecule has 0 radical (unpaired) electrons. The Hall–Kier alpha value is -2.37. The number of rotatable bonds is 4. The van der Waals surface area contributed by atoms with Gasteiger partial charge in [0, 0.05) is 19.4 Å². The SMILES string of the molecule is CNc1cnccc1C(=O)NCc1cnc[nH]1. The lowest BCUT2D eigenvalue weighted by molar-refractivity contribution is 0.0951. The van der Waals surface area contributed by atoms with Gasteiger partial charge in [-0.25, -0.2) is 4.98 Å². The van der Waals surface area contributed by atoms with E-state index in [1.165, 1.54) is 0 Å². The summed E-state index contributed by atoms with van der Waals surface area (Å²) in [4.78, 5) is 22.7. The van der Waals surface area contributed by atoms with Crippen LogP contribution < -0.4 is 10.6 Å². The largest absolute Gasteiger partial charge is 0.386 e. The number of aromatic amines is 1. The summed E-state index contributed by atoms with van der Waals surface area (Å²) in [6, 6.07) is 1.67. The maximum atomic E-state index is 11.9. The molecular weight excluding hydrogens is 218 g/mol. The molecule has 2 aromatic rings. The van der Waals surface area contributed by atoms with E-state index in [9.17, 15) is 4.79 Å². The normalized spacial score (nSPS) is 9.94. The van der Waals surface area contributed by atoms with E-state index in [2.05, 4.69) is 25.6 Å². The highest BCUT2D eigenvalue weighted by Crippen LogP contribution is 2.12. The van der Waals surface area contributed by atoms with E-state index in [1.54, 1.807) is 38.0 Å². The lowest BCUT2D eigenvalue weighted by Gasteiger charge is -2.08. The predicted molar refractivity (Wildman–Crippen MR) is 63.5 cm³/mol. The van der Waals surface area contributed by atoms with Gasteiger partial charge in [-0.3, -0.25) is 9.78 Å². The standard InChI is InChI=1S/C11H13N5O/c1-12-10-6-13-3-2-9(10)11(17)15-5-8-4-14-7-16-8/h2-4,6-7,12H,5H2,1H3,(H,14,16)(H,15,17). The molecule has 0 aliphatic heterocycles. The Kier molecular flexibility index (Phi) is 3.34. The molecule has 0 aromatic carbocycles. The monoisotopic (exact) mass is 231 g/mol. The highest BCUT2D eigenvalue weighted by molar-refractivity contribution is 5.99. The maximum Gasteiger partial charge on any atom is 0.253 e. The molecule has 0 unspecified atom stereocenters. The quantitative estimate of drug-likeness (QED) is 0.726. The van der Waals surface area contributed by atoms with Crippen molar-refractivity contribution >= 4 is 11.6 Å². The van der Waals surface area contributed by atoms with Crippen LogP contribution in [0.5, 0.6) is 0 Å². The van der Waals surface area contributed by atoms with Crippen molar-refractivity contribution in [1.29, 1.82) is 0 Å². The number of nitrogens with zero attached hydrogens (tertiary/aromatic N) is 2. The van der Waals surface area contributed by atoms with Gasteiger partial charge in [0.15, 0.2) is 0 Å². The molecule has 0 saturated carbocycles. The van der Waals surface area contributed by atoms with Gasteiger partial charge in [-0.15, -0.1) is 0 Å². The summed E-state index contributed by atoms with van der Waals surface area (Å²) >= 11 is 0. The molecule has 88 valence electrons. The topological polar surface area (TPSA) is 82.7 Å². The summed E-state index contributed by atoms with van der Waals surface area (Å²) in [5.41, 5.74) is 2.13. The van der Waals surface area contributed by atoms with Crippen LogP contribution >= 0.6 is 0 Å². The first-order valence-corrected chi connectivity index (χ1v) is 5.18. The van der Waals surface area contributed by atoms with Crippen molar-refractivity contribution < 1.29 is 4.79 Å². The number of pyridine rings is 1. The Labute approximate surface area is 98.5 Å². The van der Waals surface area contributed by atoms with Crippen LogP contribution in [-0.2, 0) is 6.54 Å². The summed E-state index contributed by atoms with van der Waals surface area (Å²) in [6.07, 6.45) is 6.45. The number of aromatic nitrogens is 3. The van der Waals surface area contributed by atoms with Gasteiger partial charge in [-0.2, -0.15) is 0 Å². The summed E-state index contributed by atoms with van der Waals surface area (Å²) in [5, 5.41) is 5.72. The van der Waals surface area contributed by atoms with Crippen LogP contribution in [0.1, 0.15) is 16.1 Å². The summed E-state index contributed by atoms with van der Waals surface area (Å²) in [5.74, 6) is -0.147. The van der Waals surface area contributed by atoms with E-state index in [1.807, 2.05) is 0 Å². The van der Waals surface area contributed by atoms with Gasteiger partial charge in [0.1, 0.15) is 0 Å². The lowest BCUT2D eigenvalue weighted by Crippen LogP contribution is -2.23. The van der Waals surface area contributed by atoms with Crippen LogP contribution in [0.2, 0.25) is 0 Å². The van der Waals surface area contributed by atoms with Gasteiger partial charge in [0.25, 0.3) is 5.91 Å². The Balaban J connectivity index is 2.04. The molecule has 0 bridgehead atoms. The predicted octanol–water partition coefficient (Wildman–Crippen LogP) is 0.776. The van der Waals surface area contributed by atoms with Gasteiger partial charge in [0.2, 0.25) is 0 Å². The summed E-state index contributed by atoms with van der Waals surface area (Å²) in [7, 11) is 1.75. The Morgan fingerprint density at radius 1 is 1.41 bits per heavy atom. The molecule has 17 heavy (non-hydrogen) atoms. The number of amides is 1. The smallest absolute Gasteiger partial charge is 0.253 e.